The number of aliphatic hydroxyl groups excluding tert-OH is 3. The minimum Gasteiger partial charge on any atom is -0.394 e. The number of rotatable bonds is 8. The highest BCUT2D eigenvalue weighted by atomic mass is 16.3. The lowest BCUT2D eigenvalue weighted by molar-refractivity contribution is -0.120. The second-order valence-corrected chi connectivity index (χ2v) is 3.36. The molecule has 0 aromatic heterocycles. The fourth-order valence-electron chi connectivity index (χ4n) is 1.09. The van der Waals surface area contributed by atoms with Crippen LogP contribution in [0, 0.1) is 0 Å². The lowest BCUT2D eigenvalue weighted by atomic mass is 10.1. The van der Waals surface area contributed by atoms with Crippen LogP contribution in [0.15, 0.2) is 12.7 Å². The third-order valence-corrected chi connectivity index (χ3v) is 1.88. The van der Waals surface area contributed by atoms with Crippen LogP contribution in [0.3, 0.4) is 0 Å². The van der Waals surface area contributed by atoms with Crippen LogP contribution in [0.1, 0.15) is 19.3 Å². The summed E-state index contributed by atoms with van der Waals surface area (Å²) in [7, 11) is 0. The maximum absolute atomic E-state index is 10.9. The molecule has 0 aromatic rings. The minimum atomic E-state index is -0.899. The van der Waals surface area contributed by atoms with E-state index in [-0.39, 0.29) is 25.4 Å². The summed E-state index contributed by atoms with van der Waals surface area (Å²) in [6.07, 6.45) is 0.629. The van der Waals surface area contributed by atoms with Gasteiger partial charge in [0.2, 0.25) is 5.91 Å². The van der Waals surface area contributed by atoms with Gasteiger partial charge in [-0.05, 0) is 6.42 Å². The van der Waals surface area contributed by atoms with Crippen LogP contribution in [0.25, 0.3) is 0 Å². The topological polar surface area (TPSA) is 89.8 Å². The van der Waals surface area contributed by atoms with Crippen molar-refractivity contribution >= 4 is 5.91 Å². The SMILES string of the molecule is C=CCC(=O)NCC[C@@H](O)C[C@H](O)CO. The van der Waals surface area contributed by atoms with E-state index in [1.807, 2.05) is 0 Å². The second kappa shape index (κ2) is 8.40. The normalized spacial score (nSPS) is 14.3. The van der Waals surface area contributed by atoms with Crippen molar-refractivity contribution in [3.8, 4) is 0 Å². The Bertz CT molecular complexity index is 196. The Morgan fingerprint density at radius 2 is 2.07 bits per heavy atom. The van der Waals surface area contributed by atoms with Crippen LogP contribution in [-0.2, 0) is 4.79 Å². The molecule has 1 amide bonds. The molecule has 0 saturated heterocycles. The van der Waals surface area contributed by atoms with Gasteiger partial charge in [0.1, 0.15) is 0 Å². The molecule has 0 bridgehead atoms. The summed E-state index contributed by atoms with van der Waals surface area (Å²) in [5.74, 6) is -0.139. The van der Waals surface area contributed by atoms with Crippen LogP contribution >= 0.6 is 0 Å². The maximum atomic E-state index is 10.9. The smallest absolute Gasteiger partial charge is 0.223 e. The quantitative estimate of drug-likeness (QED) is 0.400. The number of hydrogen-bond donors (Lipinski definition) is 4. The molecule has 0 saturated carbocycles. The molecular formula is C10H19NO4. The molecule has 0 fully saturated rings. The van der Waals surface area contributed by atoms with E-state index in [0.29, 0.717) is 13.0 Å². The number of aliphatic hydroxyl groups is 3. The monoisotopic (exact) mass is 217 g/mol. The van der Waals surface area contributed by atoms with Crippen molar-refractivity contribution in [2.24, 2.45) is 0 Å². The Balaban J connectivity index is 3.49. The zero-order valence-corrected chi connectivity index (χ0v) is 8.72. The van der Waals surface area contributed by atoms with Gasteiger partial charge in [0.15, 0.2) is 0 Å². The maximum Gasteiger partial charge on any atom is 0.223 e. The minimum absolute atomic E-state index is 0.119. The lowest BCUT2D eigenvalue weighted by Gasteiger charge is -2.13. The van der Waals surface area contributed by atoms with Gasteiger partial charge in [-0.2, -0.15) is 0 Å². The summed E-state index contributed by atoms with van der Waals surface area (Å²) in [5, 5.41) is 29.5. The van der Waals surface area contributed by atoms with Gasteiger partial charge < -0.3 is 20.6 Å². The highest BCUT2D eigenvalue weighted by molar-refractivity contribution is 5.77. The van der Waals surface area contributed by atoms with E-state index in [1.54, 1.807) is 0 Å². The predicted octanol–water partition coefficient (Wildman–Crippen LogP) is -0.827. The molecule has 0 unspecified atom stereocenters. The molecule has 0 aliphatic rings. The van der Waals surface area contributed by atoms with Gasteiger partial charge in [0, 0.05) is 19.4 Å². The summed E-state index contributed by atoms with van der Waals surface area (Å²) in [6, 6.07) is 0. The van der Waals surface area contributed by atoms with E-state index in [2.05, 4.69) is 11.9 Å². The van der Waals surface area contributed by atoms with E-state index < -0.39 is 12.2 Å². The van der Waals surface area contributed by atoms with Crippen LogP contribution in [0.2, 0.25) is 0 Å². The van der Waals surface area contributed by atoms with E-state index in [0.717, 1.165) is 0 Å². The first-order valence-electron chi connectivity index (χ1n) is 4.94. The van der Waals surface area contributed by atoms with Crippen molar-refractivity contribution in [1.29, 1.82) is 0 Å². The molecule has 2 atom stereocenters. The summed E-state index contributed by atoms with van der Waals surface area (Å²) >= 11 is 0. The molecule has 0 aliphatic carbocycles. The predicted molar refractivity (Wildman–Crippen MR) is 56.2 cm³/mol. The summed E-state index contributed by atoms with van der Waals surface area (Å²) in [5.41, 5.74) is 0. The highest BCUT2D eigenvalue weighted by Crippen LogP contribution is 2.01. The van der Waals surface area contributed by atoms with Crippen LogP contribution in [-0.4, -0.2) is 46.6 Å². The van der Waals surface area contributed by atoms with Gasteiger partial charge in [-0.1, -0.05) is 6.08 Å². The van der Waals surface area contributed by atoms with Crippen molar-refractivity contribution in [2.45, 2.75) is 31.5 Å². The van der Waals surface area contributed by atoms with Crippen molar-refractivity contribution in [3.05, 3.63) is 12.7 Å². The van der Waals surface area contributed by atoms with Crippen LogP contribution < -0.4 is 5.32 Å². The van der Waals surface area contributed by atoms with Crippen molar-refractivity contribution < 1.29 is 20.1 Å². The first-order chi connectivity index (χ1) is 7.10. The molecular weight excluding hydrogens is 198 g/mol. The Labute approximate surface area is 89.4 Å². The number of nitrogens with one attached hydrogen (secondary N) is 1. The average Bonchev–Trinajstić information content (AvgIpc) is 2.18. The fraction of sp³-hybridized carbons (Fsp3) is 0.700. The standard InChI is InChI=1S/C10H19NO4/c1-2-3-10(15)11-5-4-8(13)6-9(14)7-12/h2,8-9,12-14H,1,3-7H2,(H,11,15)/t8-,9+/m1/s1. The summed E-state index contributed by atoms with van der Waals surface area (Å²) in [4.78, 5) is 10.9. The third kappa shape index (κ3) is 8.11. The molecule has 0 aliphatic heterocycles. The van der Waals surface area contributed by atoms with E-state index in [1.165, 1.54) is 6.08 Å². The second-order valence-electron chi connectivity index (χ2n) is 3.36. The van der Waals surface area contributed by atoms with E-state index >= 15 is 0 Å². The van der Waals surface area contributed by atoms with Gasteiger partial charge in [0.05, 0.1) is 18.8 Å². The molecule has 0 spiro atoms. The van der Waals surface area contributed by atoms with Crippen molar-refractivity contribution in [2.75, 3.05) is 13.2 Å². The number of hydrogen-bond acceptors (Lipinski definition) is 4. The van der Waals surface area contributed by atoms with Gasteiger partial charge >= 0.3 is 0 Å². The zero-order valence-electron chi connectivity index (χ0n) is 8.72. The highest BCUT2D eigenvalue weighted by Gasteiger charge is 2.10. The first-order valence-corrected chi connectivity index (χ1v) is 4.94. The molecule has 0 radical (unpaired) electrons. The Hall–Kier alpha value is -0.910. The molecule has 5 heteroatoms. The molecule has 15 heavy (non-hydrogen) atoms. The Kier molecular flexibility index (Phi) is 7.89. The van der Waals surface area contributed by atoms with Crippen molar-refractivity contribution in [1.82, 2.24) is 5.32 Å². The van der Waals surface area contributed by atoms with Gasteiger partial charge in [-0.25, -0.2) is 0 Å². The van der Waals surface area contributed by atoms with Crippen LogP contribution in [0.5, 0.6) is 0 Å². The lowest BCUT2D eigenvalue weighted by Crippen LogP contribution is -2.28. The number of carbonyl (C=O) groups excluding carboxylic acids is 1. The largest absolute Gasteiger partial charge is 0.394 e. The fourth-order valence-corrected chi connectivity index (χ4v) is 1.09. The van der Waals surface area contributed by atoms with E-state index in [4.69, 9.17) is 10.2 Å². The van der Waals surface area contributed by atoms with Crippen LogP contribution in [0.4, 0.5) is 0 Å². The number of amides is 1. The summed E-state index contributed by atoms with van der Waals surface area (Å²) < 4.78 is 0. The molecule has 0 aromatic carbocycles. The summed E-state index contributed by atoms with van der Waals surface area (Å²) in [6.45, 7) is 3.42. The molecule has 5 nitrogen and oxygen atoms in total. The zero-order chi connectivity index (χ0) is 11.7. The Morgan fingerprint density at radius 1 is 1.40 bits per heavy atom. The molecule has 0 heterocycles. The number of carbonyl (C=O) groups is 1. The molecule has 4 N–H and O–H groups in total. The average molecular weight is 217 g/mol. The third-order valence-electron chi connectivity index (χ3n) is 1.88. The van der Waals surface area contributed by atoms with E-state index in [9.17, 15) is 9.90 Å². The Morgan fingerprint density at radius 3 is 2.60 bits per heavy atom. The van der Waals surface area contributed by atoms with Crippen molar-refractivity contribution in [3.63, 3.8) is 0 Å². The van der Waals surface area contributed by atoms with Gasteiger partial charge in [-0.3, -0.25) is 4.79 Å². The van der Waals surface area contributed by atoms with Gasteiger partial charge in [0.25, 0.3) is 0 Å². The molecule has 88 valence electrons. The first kappa shape index (κ1) is 14.1. The van der Waals surface area contributed by atoms with Gasteiger partial charge in [-0.15, -0.1) is 6.58 Å². The molecule has 0 rings (SSSR count).